The third-order valence-electron chi connectivity index (χ3n) is 4.95. The Morgan fingerprint density at radius 1 is 0.967 bits per heavy atom. The number of nitrogens with two attached hydrogens (primary N) is 2. The van der Waals surface area contributed by atoms with Gasteiger partial charge < -0.3 is 30.4 Å². The van der Waals surface area contributed by atoms with Gasteiger partial charge in [-0.2, -0.15) is 0 Å². The second-order valence-corrected chi connectivity index (χ2v) is 7.02. The van der Waals surface area contributed by atoms with Crippen LogP contribution in [0.2, 0.25) is 0 Å². The maximum atomic E-state index is 6.12. The lowest BCUT2D eigenvalue weighted by Crippen LogP contribution is -2.33. The smallest absolute Gasteiger partial charge is 0.161 e. The number of benzene rings is 2. The summed E-state index contributed by atoms with van der Waals surface area (Å²) in [5.41, 5.74) is 16.3. The van der Waals surface area contributed by atoms with E-state index in [1.807, 2.05) is 48.5 Å². The van der Waals surface area contributed by atoms with Crippen LogP contribution < -0.4 is 20.9 Å². The number of methoxy groups -OCH3 is 1. The lowest BCUT2D eigenvalue weighted by Gasteiger charge is -2.23. The molecular weight excluding hydrogens is 382 g/mol. The lowest BCUT2D eigenvalue weighted by atomic mass is 10.0. The van der Waals surface area contributed by atoms with Gasteiger partial charge in [0.15, 0.2) is 11.5 Å². The molecule has 0 bridgehead atoms. The highest BCUT2D eigenvalue weighted by molar-refractivity contribution is 5.80. The van der Waals surface area contributed by atoms with Crippen LogP contribution in [0.5, 0.6) is 11.5 Å². The Morgan fingerprint density at radius 3 is 2.50 bits per heavy atom. The predicted octanol–water partition coefficient (Wildman–Crippen LogP) is 3.38. The molecule has 0 unspecified atom stereocenters. The Labute approximate surface area is 175 Å². The molecule has 7 nitrogen and oxygen atoms in total. The van der Waals surface area contributed by atoms with Gasteiger partial charge in [-0.25, -0.2) is 4.98 Å². The lowest BCUT2D eigenvalue weighted by molar-refractivity contribution is -0.101. The minimum absolute atomic E-state index is 0.0769. The van der Waals surface area contributed by atoms with Crippen LogP contribution in [0.3, 0.4) is 0 Å². The average Bonchev–Trinajstić information content (AvgIpc) is 2.79. The molecule has 1 fully saturated rings. The number of ether oxygens (including phenoxy) is 4. The van der Waals surface area contributed by atoms with Gasteiger partial charge in [-0.15, -0.1) is 0 Å². The predicted molar refractivity (Wildman–Crippen MR) is 117 cm³/mol. The summed E-state index contributed by atoms with van der Waals surface area (Å²) in [5.74, 6) is 1.75. The Balaban J connectivity index is 1.57. The average molecular weight is 407 g/mol. The van der Waals surface area contributed by atoms with E-state index in [2.05, 4.69) is 4.98 Å². The molecule has 3 aromatic rings. The van der Waals surface area contributed by atoms with Crippen molar-refractivity contribution in [1.82, 2.24) is 4.98 Å². The SMILES string of the molecule is COc1cc(-c2cnc(N)c(-c3ccc(N)cc3)c2)ccc1OC[C@@H]1COCCO1. The summed E-state index contributed by atoms with van der Waals surface area (Å²) in [7, 11) is 1.62. The minimum atomic E-state index is -0.0769. The van der Waals surface area contributed by atoms with Gasteiger partial charge in [0.25, 0.3) is 0 Å². The number of rotatable bonds is 6. The number of hydrogen-bond donors (Lipinski definition) is 2. The number of nitrogen functional groups attached to an aromatic ring is 2. The molecule has 4 N–H and O–H groups in total. The molecule has 0 spiro atoms. The summed E-state index contributed by atoms with van der Waals surface area (Å²) in [4.78, 5) is 4.37. The van der Waals surface area contributed by atoms with Crippen LogP contribution in [0.1, 0.15) is 0 Å². The van der Waals surface area contributed by atoms with E-state index in [9.17, 15) is 0 Å². The number of anilines is 2. The van der Waals surface area contributed by atoms with Crippen molar-refractivity contribution in [3.63, 3.8) is 0 Å². The largest absolute Gasteiger partial charge is 0.493 e. The fourth-order valence-electron chi connectivity index (χ4n) is 3.31. The Kier molecular flexibility index (Phi) is 6.02. The Bertz CT molecular complexity index is 1000. The van der Waals surface area contributed by atoms with Gasteiger partial charge in [0.2, 0.25) is 0 Å². The van der Waals surface area contributed by atoms with Gasteiger partial charge in [-0.1, -0.05) is 18.2 Å². The first-order valence-electron chi connectivity index (χ1n) is 9.76. The van der Waals surface area contributed by atoms with Crippen molar-refractivity contribution in [2.75, 3.05) is 45.0 Å². The van der Waals surface area contributed by atoms with Crippen molar-refractivity contribution >= 4 is 11.5 Å². The zero-order valence-corrected chi connectivity index (χ0v) is 16.8. The van der Waals surface area contributed by atoms with Crippen LogP contribution in [-0.4, -0.2) is 44.6 Å². The number of nitrogens with zero attached hydrogens (tertiary/aromatic N) is 1. The third kappa shape index (κ3) is 4.48. The van der Waals surface area contributed by atoms with Crippen LogP contribution in [0, 0.1) is 0 Å². The topological polar surface area (TPSA) is 102 Å². The van der Waals surface area contributed by atoms with E-state index < -0.39 is 0 Å². The zero-order valence-electron chi connectivity index (χ0n) is 16.8. The first-order valence-corrected chi connectivity index (χ1v) is 9.76. The van der Waals surface area contributed by atoms with Crippen molar-refractivity contribution in [1.29, 1.82) is 0 Å². The van der Waals surface area contributed by atoms with E-state index in [1.165, 1.54) is 0 Å². The van der Waals surface area contributed by atoms with Gasteiger partial charge in [-0.3, -0.25) is 0 Å². The maximum Gasteiger partial charge on any atom is 0.161 e. The number of pyridine rings is 1. The summed E-state index contributed by atoms with van der Waals surface area (Å²) >= 11 is 0. The van der Waals surface area contributed by atoms with Crippen molar-refractivity contribution in [2.45, 2.75) is 6.10 Å². The molecule has 0 radical (unpaired) electrons. The Hall–Kier alpha value is -3.29. The van der Waals surface area contributed by atoms with Gasteiger partial charge in [0.05, 0.1) is 26.9 Å². The monoisotopic (exact) mass is 407 g/mol. The van der Waals surface area contributed by atoms with E-state index in [0.717, 1.165) is 22.3 Å². The highest BCUT2D eigenvalue weighted by Crippen LogP contribution is 2.35. The van der Waals surface area contributed by atoms with Crippen LogP contribution in [0.25, 0.3) is 22.3 Å². The van der Waals surface area contributed by atoms with E-state index >= 15 is 0 Å². The molecule has 0 saturated carbocycles. The van der Waals surface area contributed by atoms with E-state index in [1.54, 1.807) is 13.3 Å². The summed E-state index contributed by atoms with van der Waals surface area (Å²) in [5, 5.41) is 0. The van der Waals surface area contributed by atoms with Gasteiger partial charge >= 0.3 is 0 Å². The van der Waals surface area contributed by atoms with Crippen LogP contribution in [0.15, 0.2) is 54.7 Å². The third-order valence-corrected chi connectivity index (χ3v) is 4.95. The molecule has 0 amide bonds. The van der Waals surface area contributed by atoms with Crippen LogP contribution >= 0.6 is 0 Å². The molecule has 2 aromatic carbocycles. The quantitative estimate of drug-likeness (QED) is 0.604. The van der Waals surface area contributed by atoms with Crippen molar-refractivity contribution in [3.8, 4) is 33.8 Å². The van der Waals surface area contributed by atoms with Gasteiger partial charge in [0, 0.05) is 23.0 Å². The molecule has 1 aliphatic heterocycles. The highest BCUT2D eigenvalue weighted by atomic mass is 16.6. The maximum absolute atomic E-state index is 6.12. The number of hydrogen-bond acceptors (Lipinski definition) is 7. The molecule has 1 saturated heterocycles. The second kappa shape index (κ2) is 9.02. The van der Waals surface area contributed by atoms with E-state index in [0.29, 0.717) is 49.4 Å². The van der Waals surface area contributed by atoms with E-state index in [-0.39, 0.29) is 6.10 Å². The first-order chi connectivity index (χ1) is 14.6. The molecule has 1 aliphatic rings. The Morgan fingerprint density at radius 2 is 1.77 bits per heavy atom. The molecule has 156 valence electrons. The number of aromatic nitrogens is 1. The first kappa shape index (κ1) is 20.0. The molecule has 1 aromatic heterocycles. The van der Waals surface area contributed by atoms with Gasteiger partial charge in [-0.05, 0) is 41.5 Å². The van der Waals surface area contributed by atoms with Crippen LogP contribution in [0.4, 0.5) is 11.5 Å². The molecule has 30 heavy (non-hydrogen) atoms. The van der Waals surface area contributed by atoms with Crippen molar-refractivity contribution in [2.24, 2.45) is 0 Å². The highest BCUT2D eigenvalue weighted by Gasteiger charge is 2.17. The molecule has 0 aliphatic carbocycles. The molecular formula is C23H25N3O4. The van der Waals surface area contributed by atoms with Gasteiger partial charge in [0.1, 0.15) is 18.5 Å². The molecule has 7 heteroatoms. The molecule has 2 heterocycles. The summed E-state index contributed by atoms with van der Waals surface area (Å²) in [6.45, 7) is 2.15. The minimum Gasteiger partial charge on any atom is -0.493 e. The van der Waals surface area contributed by atoms with Crippen molar-refractivity contribution < 1.29 is 18.9 Å². The zero-order chi connectivity index (χ0) is 20.9. The standard InChI is InChI=1S/C23H25N3O4/c1-27-22-11-16(4-7-21(22)30-14-19-13-28-8-9-29-19)17-10-20(23(25)26-12-17)15-2-5-18(24)6-3-15/h2-7,10-12,19H,8-9,13-14,24H2,1H3,(H2,25,26)/t19-/m0/s1. The summed E-state index contributed by atoms with van der Waals surface area (Å²) in [6.07, 6.45) is 1.67. The van der Waals surface area contributed by atoms with Crippen molar-refractivity contribution in [3.05, 3.63) is 54.7 Å². The summed E-state index contributed by atoms with van der Waals surface area (Å²) < 4.78 is 22.5. The fraction of sp³-hybridized carbons (Fsp3) is 0.261. The van der Waals surface area contributed by atoms with Crippen LogP contribution in [-0.2, 0) is 9.47 Å². The molecule has 4 rings (SSSR count). The second-order valence-electron chi connectivity index (χ2n) is 7.02. The normalized spacial score (nSPS) is 16.2. The summed E-state index contributed by atoms with van der Waals surface area (Å²) in [6, 6.07) is 15.3. The van der Waals surface area contributed by atoms with E-state index in [4.69, 9.17) is 30.4 Å². The fourth-order valence-corrected chi connectivity index (χ4v) is 3.31. The molecule has 1 atom stereocenters.